The van der Waals surface area contributed by atoms with Crippen molar-refractivity contribution in [2.24, 2.45) is 0 Å². The van der Waals surface area contributed by atoms with Gasteiger partial charge in [0.25, 0.3) is 5.91 Å². The number of hydrogen-bond acceptors (Lipinski definition) is 4. The number of para-hydroxylation sites is 1. The topological polar surface area (TPSA) is 75.6 Å². The lowest BCUT2D eigenvalue weighted by molar-refractivity contribution is -0.145. The van der Waals surface area contributed by atoms with E-state index in [-0.39, 0.29) is 24.7 Å². The zero-order valence-corrected chi connectivity index (χ0v) is 12.9. The molecular weight excluding hydrogens is 294 g/mol. The molecule has 120 valence electrons. The van der Waals surface area contributed by atoms with Crippen LogP contribution >= 0.6 is 0 Å². The van der Waals surface area contributed by atoms with Crippen molar-refractivity contribution in [3.05, 3.63) is 65.7 Å². The molecule has 0 radical (unpaired) electrons. The smallest absolute Gasteiger partial charge is 0.328 e. The van der Waals surface area contributed by atoms with Gasteiger partial charge in [-0.15, -0.1) is 0 Å². The molecule has 2 aromatic rings. The summed E-state index contributed by atoms with van der Waals surface area (Å²) in [5.41, 5.74) is 1.03. The third-order valence-corrected chi connectivity index (χ3v) is 3.33. The number of amides is 1. The number of carbonyl (C=O) groups excluding carboxylic acids is 2. The molecule has 1 unspecified atom stereocenters. The van der Waals surface area contributed by atoms with Crippen LogP contribution in [0.3, 0.4) is 0 Å². The van der Waals surface area contributed by atoms with Crippen molar-refractivity contribution in [1.82, 2.24) is 5.32 Å². The summed E-state index contributed by atoms with van der Waals surface area (Å²) in [5.74, 6) is -0.810. The fourth-order valence-electron chi connectivity index (χ4n) is 2.17. The minimum Gasteiger partial charge on any atom is -0.508 e. The van der Waals surface area contributed by atoms with Gasteiger partial charge < -0.3 is 15.2 Å². The third-order valence-electron chi connectivity index (χ3n) is 3.33. The second-order valence-electron chi connectivity index (χ2n) is 4.98. The number of phenolic OH excluding ortho intramolecular Hbond substituents is 1. The van der Waals surface area contributed by atoms with Crippen LogP contribution in [0.2, 0.25) is 0 Å². The monoisotopic (exact) mass is 313 g/mol. The van der Waals surface area contributed by atoms with Crippen LogP contribution in [0.15, 0.2) is 54.6 Å². The summed E-state index contributed by atoms with van der Waals surface area (Å²) in [4.78, 5) is 24.4. The number of benzene rings is 2. The number of esters is 1. The maximum absolute atomic E-state index is 12.3. The maximum Gasteiger partial charge on any atom is 0.328 e. The van der Waals surface area contributed by atoms with E-state index in [1.807, 2.05) is 6.07 Å². The summed E-state index contributed by atoms with van der Waals surface area (Å²) in [5, 5.41) is 12.5. The summed E-state index contributed by atoms with van der Waals surface area (Å²) in [6.45, 7) is 1.92. The van der Waals surface area contributed by atoms with Gasteiger partial charge in [-0.05, 0) is 30.7 Å². The lowest BCUT2D eigenvalue weighted by Crippen LogP contribution is -2.43. The number of nitrogens with one attached hydrogen (secondary N) is 1. The highest BCUT2D eigenvalue weighted by Gasteiger charge is 2.24. The Kier molecular flexibility index (Phi) is 5.74. The molecule has 0 saturated heterocycles. The quantitative estimate of drug-likeness (QED) is 0.802. The van der Waals surface area contributed by atoms with E-state index in [9.17, 15) is 14.7 Å². The first-order valence-corrected chi connectivity index (χ1v) is 7.41. The first-order valence-electron chi connectivity index (χ1n) is 7.41. The van der Waals surface area contributed by atoms with E-state index in [1.165, 1.54) is 6.07 Å². The Morgan fingerprint density at radius 2 is 1.74 bits per heavy atom. The Hall–Kier alpha value is -2.82. The average Bonchev–Trinajstić information content (AvgIpc) is 2.57. The highest BCUT2D eigenvalue weighted by Crippen LogP contribution is 2.18. The Morgan fingerprint density at radius 3 is 2.39 bits per heavy atom. The van der Waals surface area contributed by atoms with Crippen LogP contribution in [-0.2, 0) is 16.0 Å². The Balaban J connectivity index is 2.16. The lowest BCUT2D eigenvalue weighted by atomic mass is 10.0. The number of rotatable bonds is 6. The number of carbonyl (C=O) groups is 2. The van der Waals surface area contributed by atoms with Gasteiger partial charge in [-0.2, -0.15) is 0 Å². The molecule has 23 heavy (non-hydrogen) atoms. The van der Waals surface area contributed by atoms with E-state index in [0.717, 1.165) is 0 Å². The summed E-state index contributed by atoms with van der Waals surface area (Å²) >= 11 is 0. The molecule has 1 amide bonds. The number of phenols is 1. The van der Waals surface area contributed by atoms with E-state index in [1.54, 1.807) is 49.4 Å². The van der Waals surface area contributed by atoms with Gasteiger partial charge in [0.1, 0.15) is 11.8 Å². The zero-order valence-electron chi connectivity index (χ0n) is 12.9. The second-order valence-corrected chi connectivity index (χ2v) is 4.98. The minimum atomic E-state index is -0.865. The molecule has 0 aliphatic heterocycles. The van der Waals surface area contributed by atoms with Crippen LogP contribution in [-0.4, -0.2) is 29.6 Å². The molecule has 2 rings (SSSR count). The molecule has 0 spiro atoms. The van der Waals surface area contributed by atoms with E-state index in [2.05, 4.69) is 5.32 Å². The Labute approximate surface area is 134 Å². The van der Waals surface area contributed by atoms with Gasteiger partial charge in [-0.3, -0.25) is 4.79 Å². The summed E-state index contributed by atoms with van der Waals surface area (Å²) in [7, 11) is 0. The van der Waals surface area contributed by atoms with Crippen molar-refractivity contribution in [1.29, 1.82) is 0 Å². The van der Waals surface area contributed by atoms with E-state index in [4.69, 9.17) is 4.74 Å². The zero-order chi connectivity index (χ0) is 16.7. The van der Waals surface area contributed by atoms with Crippen LogP contribution in [0.4, 0.5) is 0 Å². The van der Waals surface area contributed by atoms with Gasteiger partial charge in [-0.25, -0.2) is 4.79 Å². The minimum absolute atomic E-state index is 0.0794. The largest absolute Gasteiger partial charge is 0.508 e. The Bertz CT molecular complexity index is 670. The van der Waals surface area contributed by atoms with E-state index >= 15 is 0 Å². The van der Waals surface area contributed by atoms with Crippen molar-refractivity contribution < 1.29 is 19.4 Å². The molecular formula is C18H19NO4. The molecule has 5 heteroatoms. The molecule has 2 aromatic carbocycles. The normalized spacial score (nSPS) is 11.5. The molecule has 1 atom stereocenters. The van der Waals surface area contributed by atoms with Crippen LogP contribution in [0.5, 0.6) is 5.75 Å². The molecule has 0 bridgehead atoms. The molecule has 0 saturated carbocycles. The summed E-state index contributed by atoms with van der Waals surface area (Å²) < 4.78 is 5.02. The van der Waals surface area contributed by atoms with Crippen molar-refractivity contribution in [3.8, 4) is 5.75 Å². The molecule has 0 heterocycles. The summed E-state index contributed by atoms with van der Waals surface area (Å²) in [6, 6.07) is 14.5. The maximum atomic E-state index is 12.3. The highest BCUT2D eigenvalue weighted by molar-refractivity contribution is 5.96. The second kappa shape index (κ2) is 7.98. The first kappa shape index (κ1) is 16.5. The van der Waals surface area contributed by atoms with Gasteiger partial charge >= 0.3 is 5.97 Å². The molecule has 2 N–H and O–H groups in total. The molecule has 0 aromatic heterocycles. The van der Waals surface area contributed by atoms with Crippen molar-refractivity contribution in [2.75, 3.05) is 6.61 Å². The van der Waals surface area contributed by atoms with Crippen LogP contribution in [0.25, 0.3) is 0 Å². The number of hydrogen-bond donors (Lipinski definition) is 2. The lowest BCUT2D eigenvalue weighted by Gasteiger charge is -2.18. The van der Waals surface area contributed by atoms with Crippen LogP contribution in [0, 0.1) is 0 Å². The third kappa shape index (κ3) is 4.57. The van der Waals surface area contributed by atoms with Gasteiger partial charge in [-0.1, -0.05) is 36.4 Å². The average molecular weight is 313 g/mol. The molecule has 0 aliphatic rings. The van der Waals surface area contributed by atoms with Gasteiger partial charge in [0.15, 0.2) is 0 Å². The standard InChI is InChI=1S/C18H19NO4/c1-2-23-18(22)15(12-14-10-6-7-11-16(14)20)19-17(21)13-8-4-3-5-9-13/h3-11,15,20H,2,12H2,1H3,(H,19,21). The van der Waals surface area contributed by atoms with Gasteiger partial charge in [0, 0.05) is 12.0 Å². The van der Waals surface area contributed by atoms with Crippen molar-refractivity contribution in [2.45, 2.75) is 19.4 Å². The predicted octanol–water partition coefficient (Wildman–Crippen LogP) is 2.30. The molecule has 0 aliphatic carbocycles. The molecule has 5 nitrogen and oxygen atoms in total. The number of aromatic hydroxyl groups is 1. The van der Waals surface area contributed by atoms with Crippen LogP contribution < -0.4 is 5.32 Å². The predicted molar refractivity (Wildman–Crippen MR) is 86.1 cm³/mol. The van der Waals surface area contributed by atoms with Crippen molar-refractivity contribution >= 4 is 11.9 Å². The first-order chi connectivity index (χ1) is 11.1. The number of ether oxygens (including phenoxy) is 1. The van der Waals surface area contributed by atoms with E-state index in [0.29, 0.717) is 11.1 Å². The van der Waals surface area contributed by atoms with Crippen LogP contribution in [0.1, 0.15) is 22.8 Å². The van der Waals surface area contributed by atoms with Gasteiger partial charge in [0.2, 0.25) is 0 Å². The Morgan fingerprint density at radius 1 is 1.09 bits per heavy atom. The van der Waals surface area contributed by atoms with Crippen molar-refractivity contribution in [3.63, 3.8) is 0 Å². The fraction of sp³-hybridized carbons (Fsp3) is 0.222. The molecule has 0 fully saturated rings. The fourth-order valence-corrected chi connectivity index (χ4v) is 2.17. The SMILES string of the molecule is CCOC(=O)C(Cc1ccccc1O)NC(=O)c1ccccc1. The highest BCUT2D eigenvalue weighted by atomic mass is 16.5. The van der Waals surface area contributed by atoms with Gasteiger partial charge in [0.05, 0.1) is 6.61 Å². The summed E-state index contributed by atoms with van der Waals surface area (Å²) in [6.07, 6.45) is 0.157. The van der Waals surface area contributed by atoms with E-state index < -0.39 is 12.0 Å².